The van der Waals surface area contributed by atoms with Gasteiger partial charge in [0.05, 0.1) is 17.8 Å². The quantitative estimate of drug-likeness (QED) is 0.223. The first-order valence-electron chi connectivity index (χ1n) is 13.9. The molecule has 1 aromatic heterocycles. The van der Waals surface area contributed by atoms with Crippen LogP contribution in [0.2, 0.25) is 0 Å². The summed E-state index contributed by atoms with van der Waals surface area (Å²) in [6, 6.07) is 13.9. The minimum atomic E-state index is -3.53. The van der Waals surface area contributed by atoms with Gasteiger partial charge in [0.1, 0.15) is 11.9 Å². The van der Waals surface area contributed by atoms with Gasteiger partial charge >= 0.3 is 0 Å². The first-order valence-corrected chi connectivity index (χ1v) is 16.8. The SMILES string of the molecule is CC(NC(=O)[C@@H]1C[C@@H](S(C)(=O)=O)CN1C(=O)CNC(=O)c1ccc2c(c1)C(C)(C)c1ccccc1-2)c1cc(C(=N)N)cs1. The molecule has 226 valence electrons. The van der Waals surface area contributed by atoms with Crippen LogP contribution in [-0.4, -0.2) is 67.5 Å². The maximum absolute atomic E-state index is 13.3. The van der Waals surface area contributed by atoms with Crippen molar-refractivity contribution in [2.24, 2.45) is 5.73 Å². The van der Waals surface area contributed by atoms with Crippen molar-refractivity contribution in [2.45, 2.75) is 49.9 Å². The van der Waals surface area contributed by atoms with E-state index in [4.69, 9.17) is 11.1 Å². The molecule has 5 rings (SSSR count). The van der Waals surface area contributed by atoms with Crippen molar-refractivity contribution < 1.29 is 22.8 Å². The average molecular weight is 622 g/mol. The number of nitrogens with two attached hydrogens (primary N) is 1. The van der Waals surface area contributed by atoms with Crippen molar-refractivity contribution in [1.82, 2.24) is 15.5 Å². The number of amidine groups is 1. The molecule has 0 radical (unpaired) electrons. The molecule has 0 spiro atoms. The number of hydrogen-bond donors (Lipinski definition) is 4. The second kappa shape index (κ2) is 11.2. The highest BCUT2D eigenvalue weighted by Crippen LogP contribution is 2.48. The number of sulfone groups is 1. The van der Waals surface area contributed by atoms with E-state index in [1.165, 1.54) is 21.8 Å². The van der Waals surface area contributed by atoms with Gasteiger partial charge in [0.25, 0.3) is 5.91 Å². The van der Waals surface area contributed by atoms with Crippen LogP contribution in [0.3, 0.4) is 0 Å². The lowest BCUT2D eigenvalue weighted by atomic mass is 9.82. The third-order valence-corrected chi connectivity index (χ3v) is 11.1. The molecule has 0 bridgehead atoms. The summed E-state index contributed by atoms with van der Waals surface area (Å²) >= 11 is 1.34. The Kier molecular flexibility index (Phi) is 7.95. The van der Waals surface area contributed by atoms with Crippen LogP contribution in [0.25, 0.3) is 11.1 Å². The number of likely N-dealkylation sites (tertiary alicyclic amines) is 1. The lowest BCUT2D eigenvalue weighted by Crippen LogP contribution is -2.49. The Balaban J connectivity index is 1.28. The molecule has 1 unspecified atom stereocenters. The smallest absolute Gasteiger partial charge is 0.251 e. The molecule has 0 saturated carbocycles. The van der Waals surface area contributed by atoms with Crippen molar-refractivity contribution in [3.8, 4) is 11.1 Å². The van der Waals surface area contributed by atoms with Gasteiger partial charge in [-0.15, -0.1) is 11.3 Å². The first kappa shape index (κ1) is 30.4. The van der Waals surface area contributed by atoms with Gasteiger partial charge in [-0.05, 0) is 53.8 Å². The summed E-state index contributed by atoms with van der Waals surface area (Å²) in [5.41, 5.74) is 10.6. The fraction of sp³-hybridized carbons (Fsp3) is 0.355. The molecule has 1 aliphatic heterocycles. The Morgan fingerprint density at radius 3 is 2.47 bits per heavy atom. The van der Waals surface area contributed by atoms with E-state index in [2.05, 4.69) is 36.6 Å². The summed E-state index contributed by atoms with van der Waals surface area (Å²) in [7, 11) is -3.53. The molecule has 1 saturated heterocycles. The Hall–Kier alpha value is -4.03. The largest absolute Gasteiger partial charge is 0.384 e. The summed E-state index contributed by atoms with van der Waals surface area (Å²) in [6.07, 6.45) is 1.05. The number of amides is 3. The Labute approximate surface area is 255 Å². The molecule has 1 aliphatic carbocycles. The third kappa shape index (κ3) is 5.81. The van der Waals surface area contributed by atoms with Crippen LogP contribution in [0.5, 0.6) is 0 Å². The number of fused-ring (bicyclic) bond motifs is 3. The minimum absolute atomic E-state index is 0.0410. The molecule has 3 atom stereocenters. The molecule has 2 aliphatic rings. The number of hydrogen-bond acceptors (Lipinski definition) is 7. The van der Waals surface area contributed by atoms with Gasteiger partial charge in [-0.2, -0.15) is 0 Å². The topological polar surface area (TPSA) is 163 Å². The number of carbonyl (C=O) groups excluding carboxylic acids is 3. The third-order valence-electron chi connectivity index (χ3n) is 8.45. The fourth-order valence-electron chi connectivity index (χ4n) is 5.94. The molecule has 3 amide bonds. The van der Waals surface area contributed by atoms with E-state index < -0.39 is 44.9 Å². The number of benzene rings is 2. The molecule has 3 aromatic rings. The van der Waals surface area contributed by atoms with Gasteiger partial charge in [0.15, 0.2) is 9.84 Å². The van der Waals surface area contributed by atoms with Gasteiger partial charge < -0.3 is 21.3 Å². The monoisotopic (exact) mass is 621 g/mol. The number of thiophene rings is 1. The van der Waals surface area contributed by atoms with E-state index >= 15 is 0 Å². The number of carbonyl (C=O) groups is 3. The number of nitrogens with zero attached hydrogens (tertiary/aromatic N) is 1. The number of rotatable bonds is 8. The maximum Gasteiger partial charge on any atom is 0.251 e. The summed E-state index contributed by atoms with van der Waals surface area (Å²) in [5, 5.41) is 13.9. The first-order chi connectivity index (χ1) is 20.2. The molecule has 1 fully saturated rings. The van der Waals surface area contributed by atoms with E-state index in [9.17, 15) is 22.8 Å². The van der Waals surface area contributed by atoms with Crippen molar-refractivity contribution in [3.05, 3.63) is 81.0 Å². The van der Waals surface area contributed by atoms with Gasteiger partial charge in [0, 0.05) is 39.6 Å². The van der Waals surface area contributed by atoms with Crippen LogP contribution < -0.4 is 16.4 Å². The normalized spacial score (nSPS) is 19.3. The van der Waals surface area contributed by atoms with Crippen LogP contribution >= 0.6 is 11.3 Å². The van der Waals surface area contributed by atoms with Crippen LogP contribution in [0, 0.1) is 5.41 Å². The summed E-state index contributed by atoms with van der Waals surface area (Å²) in [5.74, 6) is -1.55. The van der Waals surface area contributed by atoms with Crippen molar-refractivity contribution in [1.29, 1.82) is 5.41 Å². The zero-order valence-electron chi connectivity index (χ0n) is 24.4. The van der Waals surface area contributed by atoms with Crippen molar-refractivity contribution >= 4 is 44.7 Å². The minimum Gasteiger partial charge on any atom is -0.384 e. The van der Waals surface area contributed by atoms with Crippen LogP contribution in [0.1, 0.15) is 65.2 Å². The Morgan fingerprint density at radius 2 is 1.79 bits per heavy atom. The summed E-state index contributed by atoms with van der Waals surface area (Å²) < 4.78 is 24.8. The van der Waals surface area contributed by atoms with E-state index in [1.54, 1.807) is 24.4 Å². The zero-order chi connectivity index (χ0) is 31.3. The predicted molar refractivity (Wildman–Crippen MR) is 167 cm³/mol. The van der Waals surface area contributed by atoms with Crippen LogP contribution in [-0.2, 0) is 24.8 Å². The maximum atomic E-state index is 13.3. The zero-order valence-corrected chi connectivity index (χ0v) is 26.1. The Bertz CT molecular complexity index is 1750. The van der Waals surface area contributed by atoms with Gasteiger partial charge in [-0.1, -0.05) is 44.2 Å². The molecule has 12 heteroatoms. The molecular formula is C31H35N5O5S2. The van der Waals surface area contributed by atoms with Crippen LogP contribution in [0.15, 0.2) is 53.9 Å². The standard InChI is InChI=1S/C31H35N5O5S2/c1-17(26-12-19(16-42-26)28(32)33)35-30(39)25-13-20(43(4,40)41)15-36(25)27(37)14-34-29(38)18-9-10-22-21-7-5-6-8-23(21)31(2,3)24(22)11-18/h5-12,16-17,20,25H,13-15H2,1-4H3,(H3,32,33)(H,34,38)(H,35,39)/t17?,20-,25+/m1/s1. The van der Waals surface area contributed by atoms with E-state index in [-0.39, 0.29) is 30.8 Å². The molecule has 5 N–H and O–H groups in total. The number of nitrogen functional groups attached to an aromatic ring is 1. The molecule has 10 nitrogen and oxygen atoms in total. The second-order valence-corrected chi connectivity index (χ2v) is 15.0. The molecule has 2 aromatic carbocycles. The van der Waals surface area contributed by atoms with E-state index in [1.807, 2.05) is 24.3 Å². The molecular weight excluding hydrogens is 587 g/mol. The average Bonchev–Trinajstić information content (AvgIpc) is 3.68. The molecule has 43 heavy (non-hydrogen) atoms. The van der Waals surface area contributed by atoms with E-state index in [0.717, 1.165) is 27.8 Å². The Morgan fingerprint density at radius 1 is 1.09 bits per heavy atom. The van der Waals surface area contributed by atoms with Gasteiger partial charge in [-0.3, -0.25) is 19.8 Å². The highest BCUT2D eigenvalue weighted by atomic mass is 32.2. The molecule has 2 heterocycles. The predicted octanol–water partition coefficient (Wildman–Crippen LogP) is 2.96. The summed E-state index contributed by atoms with van der Waals surface area (Å²) in [6.45, 7) is 5.46. The van der Waals surface area contributed by atoms with Crippen LogP contribution in [0.4, 0.5) is 0 Å². The van der Waals surface area contributed by atoms with Gasteiger partial charge in [-0.25, -0.2) is 8.42 Å². The highest BCUT2D eigenvalue weighted by molar-refractivity contribution is 7.91. The lowest BCUT2D eigenvalue weighted by molar-refractivity contribution is -0.137. The van der Waals surface area contributed by atoms with Gasteiger partial charge in [0.2, 0.25) is 11.8 Å². The second-order valence-electron chi connectivity index (χ2n) is 11.7. The van der Waals surface area contributed by atoms with E-state index in [0.29, 0.717) is 11.1 Å². The lowest BCUT2D eigenvalue weighted by Gasteiger charge is -2.25. The number of nitrogens with one attached hydrogen (secondary N) is 3. The van der Waals surface area contributed by atoms with Crippen molar-refractivity contribution in [3.63, 3.8) is 0 Å². The highest BCUT2D eigenvalue weighted by Gasteiger charge is 2.44. The summed E-state index contributed by atoms with van der Waals surface area (Å²) in [4.78, 5) is 41.8. The van der Waals surface area contributed by atoms with Crippen molar-refractivity contribution in [2.75, 3.05) is 19.3 Å². The fourth-order valence-corrected chi connectivity index (χ4v) is 7.82.